The Morgan fingerprint density at radius 3 is 2.03 bits per heavy atom. The van der Waals surface area contributed by atoms with Crippen LogP contribution in [-0.4, -0.2) is 17.9 Å². The van der Waals surface area contributed by atoms with Crippen LogP contribution in [0.5, 0.6) is 23.0 Å². The van der Waals surface area contributed by atoms with E-state index in [0.29, 0.717) is 5.56 Å². The average molecular weight is 502 g/mol. The number of carbonyl (C=O) groups is 3. The Kier molecular flexibility index (Phi) is 7.34. The summed E-state index contributed by atoms with van der Waals surface area (Å²) in [6.45, 7) is 3.82. The van der Waals surface area contributed by atoms with Crippen LogP contribution in [0, 0.1) is 0 Å². The molecule has 4 aromatic rings. The largest absolute Gasteiger partial charge is 0.489 e. The van der Waals surface area contributed by atoms with Gasteiger partial charge in [0, 0.05) is 38.5 Å². The third-order valence-corrected chi connectivity index (χ3v) is 5.02. The summed E-state index contributed by atoms with van der Waals surface area (Å²) in [7, 11) is 0. The SMILES string of the molecule is CC(=O)Oc1ccc(-c2oc3cc(OCc4ccccc4)cc(OC(C)=O)c3c(=O)c2OC(C)=O)cc1. The maximum Gasteiger partial charge on any atom is 0.308 e. The van der Waals surface area contributed by atoms with Crippen LogP contribution in [0.3, 0.4) is 0 Å². The van der Waals surface area contributed by atoms with Crippen molar-refractivity contribution in [2.45, 2.75) is 27.4 Å². The van der Waals surface area contributed by atoms with Crippen molar-refractivity contribution >= 4 is 28.9 Å². The molecule has 0 spiro atoms. The van der Waals surface area contributed by atoms with Crippen LogP contribution in [-0.2, 0) is 21.0 Å². The van der Waals surface area contributed by atoms with E-state index < -0.39 is 23.3 Å². The first-order chi connectivity index (χ1) is 17.7. The van der Waals surface area contributed by atoms with Crippen molar-refractivity contribution in [3.8, 4) is 34.3 Å². The zero-order chi connectivity index (χ0) is 26.5. The van der Waals surface area contributed by atoms with Gasteiger partial charge in [-0.15, -0.1) is 0 Å². The number of ether oxygens (including phenoxy) is 4. The number of esters is 3. The second-order valence-electron chi connectivity index (χ2n) is 7.96. The highest BCUT2D eigenvalue weighted by molar-refractivity contribution is 5.91. The molecule has 0 radical (unpaired) electrons. The molecule has 0 bridgehead atoms. The van der Waals surface area contributed by atoms with Gasteiger partial charge in [0.15, 0.2) is 5.76 Å². The third-order valence-electron chi connectivity index (χ3n) is 5.02. The summed E-state index contributed by atoms with van der Waals surface area (Å²) in [5.74, 6) is -1.88. The maximum atomic E-state index is 13.5. The molecule has 1 heterocycles. The van der Waals surface area contributed by atoms with E-state index >= 15 is 0 Å². The highest BCUT2D eigenvalue weighted by Gasteiger charge is 2.23. The molecule has 9 heteroatoms. The molecule has 0 atom stereocenters. The highest BCUT2D eigenvalue weighted by atomic mass is 16.6. The Bertz CT molecular complexity index is 1530. The van der Waals surface area contributed by atoms with Gasteiger partial charge in [0.1, 0.15) is 34.8 Å². The second-order valence-corrected chi connectivity index (χ2v) is 7.96. The molecule has 0 fully saturated rings. The fourth-order valence-electron chi connectivity index (χ4n) is 3.57. The Balaban J connectivity index is 1.87. The van der Waals surface area contributed by atoms with Gasteiger partial charge < -0.3 is 23.4 Å². The zero-order valence-electron chi connectivity index (χ0n) is 20.2. The van der Waals surface area contributed by atoms with E-state index in [0.717, 1.165) is 12.5 Å². The van der Waals surface area contributed by atoms with Crippen molar-refractivity contribution in [2.75, 3.05) is 0 Å². The lowest BCUT2D eigenvalue weighted by atomic mass is 10.1. The third kappa shape index (κ3) is 6.02. The summed E-state index contributed by atoms with van der Waals surface area (Å²) in [4.78, 5) is 48.4. The van der Waals surface area contributed by atoms with Crippen molar-refractivity contribution in [2.24, 2.45) is 0 Å². The summed E-state index contributed by atoms with van der Waals surface area (Å²) in [6.07, 6.45) is 0. The van der Waals surface area contributed by atoms with E-state index in [1.807, 2.05) is 30.3 Å². The topological polar surface area (TPSA) is 118 Å². The van der Waals surface area contributed by atoms with E-state index in [9.17, 15) is 19.2 Å². The van der Waals surface area contributed by atoms with Crippen LogP contribution in [0.25, 0.3) is 22.3 Å². The number of rotatable bonds is 7. The lowest BCUT2D eigenvalue weighted by Gasteiger charge is -2.14. The molecular formula is C28H22O9. The number of carbonyl (C=O) groups excluding carboxylic acids is 3. The Morgan fingerprint density at radius 1 is 0.757 bits per heavy atom. The van der Waals surface area contributed by atoms with Gasteiger partial charge in [-0.3, -0.25) is 19.2 Å². The van der Waals surface area contributed by atoms with Gasteiger partial charge in [-0.2, -0.15) is 0 Å². The number of benzene rings is 3. The smallest absolute Gasteiger partial charge is 0.308 e. The minimum Gasteiger partial charge on any atom is -0.489 e. The van der Waals surface area contributed by atoms with Crippen LogP contribution in [0.15, 0.2) is 75.9 Å². The quantitative estimate of drug-likeness (QED) is 0.259. The van der Waals surface area contributed by atoms with E-state index in [4.69, 9.17) is 23.4 Å². The molecule has 0 aliphatic rings. The molecule has 37 heavy (non-hydrogen) atoms. The molecule has 188 valence electrons. The minimum absolute atomic E-state index is 0.0433. The van der Waals surface area contributed by atoms with E-state index in [2.05, 4.69) is 0 Å². The lowest BCUT2D eigenvalue weighted by molar-refractivity contribution is -0.133. The molecule has 1 aromatic heterocycles. The van der Waals surface area contributed by atoms with Gasteiger partial charge in [-0.25, -0.2) is 0 Å². The predicted octanol–water partition coefficient (Wildman–Crippen LogP) is 4.81. The molecule has 0 saturated carbocycles. The van der Waals surface area contributed by atoms with Gasteiger partial charge in [0.2, 0.25) is 11.2 Å². The molecule has 0 saturated heterocycles. The first-order valence-corrected chi connectivity index (χ1v) is 11.2. The van der Waals surface area contributed by atoms with Crippen LogP contribution in [0.4, 0.5) is 0 Å². The van der Waals surface area contributed by atoms with Crippen molar-refractivity contribution < 1.29 is 37.7 Å². The van der Waals surface area contributed by atoms with Crippen molar-refractivity contribution in [1.82, 2.24) is 0 Å². The van der Waals surface area contributed by atoms with Crippen molar-refractivity contribution in [1.29, 1.82) is 0 Å². The molecule has 0 N–H and O–H groups in total. The fraction of sp³-hybridized carbons (Fsp3) is 0.143. The minimum atomic E-state index is -0.749. The highest BCUT2D eigenvalue weighted by Crippen LogP contribution is 2.37. The average Bonchev–Trinajstić information content (AvgIpc) is 2.84. The standard InChI is InChI=1S/C28H22O9/c1-16(29)34-21-11-9-20(10-12-21)27-28(36-18(3)31)26(32)25-23(35-17(2)30)13-22(14-24(25)37-27)33-15-19-7-5-4-6-8-19/h4-14H,15H2,1-3H3. The first kappa shape index (κ1) is 25.2. The van der Waals surface area contributed by atoms with E-state index in [1.165, 1.54) is 50.2 Å². The van der Waals surface area contributed by atoms with Gasteiger partial charge in [0.05, 0.1) is 0 Å². The summed E-state index contributed by atoms with van der Waals surface area (Å²) in [6, 6.07) is 18.4. The molecule has 9 nitrogen and oxygen atoms in total. The van der Waals surface area contributed by atoms with Crippen molar-refractivity contribution in [3.05, 3.63) is 82.5 Å². The van der Waals surface area contributed by atoms with E-state index in [1.54, 1.807) is 0 Å². The number of fused-ring (bicyclic) bond motifs is 1. The molecule has 4 rings (SSSR count). The van der Waals surface area contributed by atoms with Crippen LogP contribution in [0.1, 0.15) is 26.3 Å². The number of hydrogen-bond donors (Lipinski definition) is 0. The molecule has 0 aliphatic carbocycles. The lowest BCUT2D eigenvalue weighted by Crippen LogP contribution is -2.15. The van der Waals surface area contributed by atoms with Crippen LogP contribution < -0.4 is 24.4 Å². The first-order valence-electron chi connectivity index (χ1n) is 11.2. The summed E-state index contributed by atoms with van der Waals surface area (Å²) < 4.78 is 27.5. The van der Waals surface area contributed by atoms with Crippen LogP contribution >= 0.6 is 0 Å². The molecule has 0 aliphatic heterocycles. The normalized spacial score (nSPS) is 10.6. The predicted molar refractivity (Wildman–Crippen MR) is 133 cm³/mol. The van der Waals surface area contributed by atoms with E-state index in [-0.39, 0.29) is 46.3 Å². The molecule has 0 amide bonds. The Hall–Kier alpha value is -4.92. The fourth-order valence-corrected chi connectivity index (χ4v) is 3.57. The molecule has 0 unspecified atom stereocenters. The molecule has 3 aromatic carbocycles. The number of hydrogen-bond acceptors (Lipinski definition) is 9. The maximum absolute atomic E-state index is 13.5. The second kappa shape index (κ2) is 10.8. The zero-order valence-corrected chi connectivity index (χ0v) is 20.2. The Morgan fingerprint density at radius 2 is 1.41 bits per heavy atom. The summed E-state index contributed by atoms with van der Waals surface area (Å²) in [5, 5.41) is -0.0983. The molecular weight excluding hydrogens is 480 g/mol. The Labute approximate surface area is 211 Å². The summed E-state index contributed by atoms with van der Waals surface area (Å²) in [5.41, 5.74) is 0.593. The van der Waals surface area contributed by atoms with Crippen LogP contribution in [0.2, 0.25) is 0 Å². The van der Waals surface area contributed by atoms with Crippen molar-refractivity contribution in [3.63, 3.8) is 0 Å². The summed E-state index contributed by atoms with van der Waals surface area (Å²) >= 11 is 0. The van der Waals surface area contributed by atoms with Gasteiger partial charge in [-0.1, -0.05) is 30.3 Å². The monoisotopic (exact) mass is 502 g/mol. The van der Waals surface area contributed by atoms with Gasteiger partial charge in [-0.05, 0) is 29.8 Å². The van der Waals surface area contributed by atoms with Gasteiger partial charge >= 0.3 is 17.9 Å². The van der Waals surface area contributed by atoms with Gasteiger partial charge in [0.25, 0.3) is 0 Å².